The zero-order valence-corrected chi connectivity index (χ0v) is 17.6. The number of morpholine rings is 1. The summed E-state index contributed by atoms with van der Waals surface area (Å²) in [6.45, 7) is 2.77. The van der Waals surface area contributed by atoms with Gasteiger partial charge in [-0.2, -0.15) is 0 Å². The van der Waals surface area contributed by atoms with Gasteiger partial charge in [0.1, 0.15) is 11.5 Å². The number of fused-ring (bicyclic) bond motifs is 2. The van der Waals surface area contributed by atoms with Gasteiger partial charge in [-0.05, 0) is 29.8 Å². The van der Waals surface area contributed by atoms with Crippen molar-refractivity contribution in [3.8, 4) is 11.5 Å². The van der Waals surface area contributed by atoms with E-state index >= 15 is 0 Å². The van der Waals surface area contributed by atoms with Crippen LogP contribution in [-0.4, -0.2) is 43.0 Å². The Morgan fingerprint density at radius 1 is 0.844 bits per heavy atom. The molecule has 3 aromatic rings. The molecule has 3 aromatic carbocycles. The molecule has 5 rings (SSSR count). The lowest BCUT2D eigenvalue weighted by Gasteiger charge is -2.27. The maximum Gasteiger partial charge on any atom is 0.254 e. The van der Waals surface area contributed by atoms with Crippen LogP contribution in [0.2, 0.25) is 0 Å². The number of para-hydroxylation sites is 2. The first-order valence-electron chi connectivity index (χ1n) is 10.8. The molecule has 2 amide bonds. The van der Waals surface area contributed by atoms with E-state index in [0.717, 1.165) is 16.7 Å². The summed E-state index contributed by atoms with van der Waals surface area (Å²) in [7, 11) is 0. The zero-order valence-electron chi connectivity index (χ0n) is 17.6. The van der Waals surface area contributed by atoms with Gasteiger partial charge in [-0.3, -0.25) is 9.59 Å². The predicted octanol–water partition coefficient (Wildman–Crippen LogP) is 3.71. The molecule has 6 heteroatoms. The van der Waals surface area contributed by atoms with Gasteiger partial charge in [-0.25, -0.2) is 0 Å². The fourth-order valence-corrected chi connectivity index (χ4v) is 4.20. The van der Waals surface area contributed by atoms with E-state index in [2.05, 4.69) is 5.32 Å². The lowest BCUT2D eigenvalue weighted by atomic mass is 9.87. The molecular weight excluding hydrogens is 404 g/mol. The number of ether oxygens (including phenoxy) is 2. The van der Waals surface area contributed by atoms with Crippen molar-refractivity contribution in [1.29, 1.82) is 0 Å². The number of benzene rings is 3. The minimum Gasteiger partial charge on any atom is -0.457 e. The number of rotatable bonds is 4. The van der Waals surface area contributed by atoms with Gasteiger partial charge >= 0.3 is 0 Å². The van der Waals surface area contributed by atoms with Crippen molar-refractivity contribution in [1.82, 2.24) is 10.2 Å². The van der Waals surface area contributed by atoms with E-state index in [1.54, 1.807) is 4.90 Å². The number of carbonyl (C=O) groups excluding carboxylic acids is 2. The summed E-state index contributed by atoms with van der Waals surface area (Å²) >= 11 is 0. The van der Waals surface area contributed by atoms with Gasteiger partial charge in [0, 0.05) is 36.3 Å². The van der Waals surface area contributed by atoms with E-state index in [1.807, 2.05) is 72.8 Å². The second-order valence-electron chi connectivity index (χ2n) is 7.93. The van der Waals surface area contributed by atoms with Gasteiger partial charge in [0.05, 0.1) is 19.1 Å². The molecular formula is C26H24N2O4. The maximum atomic E-state index is 13.2. The second kappa shape index (κ2) is 8.85. The number of hydrogen-bond acceptors (Lipinski definition) is 4. The molecule has 0 spiro atoms. The third-order valence-electron chi connectivity index (χ3n) is 5.91. The van der Waals surface area contributed by atoms with Crippen LogP contribution in [0.5, 0.6) is 11.5 Å². The average molecular weight is 428 g/mol. The van der Waals surface area contributed by atoms with Gasteiger partial charge in [-0.1, -0.05) is 48.5 Å². The Kier molecular flexibility index (Phi) is 5.60. The minimum absolute atomic E-state index is 0.0132. The van der Waals surface area contributed by atoms with Crippen molar-refractivity contribution in [2.75, 3.05) is 26.3 Å². The quantitative estimate of drug-likeness (QED) is 0.688. The highest BCUT2D eigenvalue weighted by molar-refractivity contribution is 5.94. The molecule has 0 bridgehead atoms. The number of hydrogen-bond donors (Lipinski definition) is 1. The molecule has 0 radical (unpaired) electrons. The highest BCUT2D eigenvalue weighted by atomic mass is 16.5. The third kappa shape index (κ3) is 3.97. The molecule has 162 valence electrons. The topological polar surface area (TPSA) is 67.9 Å². The summed E-state index contributed by atoms with van der Waals surface area (Å²) in [5.74, 6) is 0.911. The van der Waals surface area contributed by atoms with Crippen molar-refractivity contribution in [3.05, 3.63) is 95.1 Å². The zero-order chi connectivity index (χ0) is 21.9. The highest BCUT2D eigenvalue weighted by Crippen LogP contribution is 2.43. The first-order valence-corrected chi connectivity index (χ1v) is 10.8. The molecule has 1 N–H and O–H groups in total. The summed E-state index contributed by atoms with van der Waals surface area (Å²) in [6.07, 6.45) is 0. The van der Waals surface area contributed by atoms with E-state index in [0.29, 0.717) is 49.9 Å². The van der Waals surface area contributed by atoms with Crippen LogP contribution in [0.3, 0.4) is 0 Å². The first-order chi connectivity index (χ1) is 15.7. The van der Waals surface area contributed by atoms with Crippen molar-refractivity contribution in [2.24, 2.45) is 0 Å². The fourth-order valence-electron chi connectivity index (χ4n) is 4.20. The van der Waals surface area contributed by atoms with Crippen molar-refractivity contribution < 1.29 is 19.1 Å². The molecule has 0 unspecified atom stereocenters. The Balaban J connectivity index is 1.29. The Bertz CT molecular complexity index is 1090. The largest absolute Gasteiger partial charge is 0.457 e. The minimum atomic E-state index is -0.432. The predicted molar refractivity (Wildman–Crippen MR) is 120 cm³/mol. The third-order valence-corrected chi connectivity index (χ3v) is 5.91. The van der Waals surface area contributed by atoms with Crippen molar-refractivity contribution in [3.63, 3.8) is 0 Å². The highest BCUT2D eigenvalue weighted by Gasteiger charge is 2.32. The average Bonchev–Trinajstić information content (AvgIpc) is 2.86. The maximum absolute atomic E-state index is 13.2. The monoisotopic (exact) mass is 428 g/mol. The van der Waals surface area contributed by atoms with E-state index in [-0.39, 0.29) is 11.8 Å². The molecule has 32 heavy (non-hydrogen) atoms. The fraction of sp³-hybridized carbons (Fsp3) is 0.231. The smallest absolute Gasteiger partial charge is 0.254 e. The SMILES string of the molecule is O=C(NCc1ccc(C(=O)N2CCOCC2)cc1)C1c2ccccc2Oc2ccccc21. The molecule has 2 aliphatic heterocycles. The molecule has 6 nitrogen and oxygen atoms in total. The van der Waals surface area contributed by atoms with E-state index in [4.69, 9.17) is 9.47 Å². The van der Waals surface area contributed by atoms with Gasteiger partial charge in [0.25, 0.3) is 5.91 Å². The summed E-state index contributed by atoms with van der Waals surface area (Å²) in [5, 5.41) is 3.06. The lowest BCUT2D eigenvalue weighted by Crippen LogP contribution is -2.40. The Hall–Kier alpha value is -3.64. The van der Waals surface area contributed by atoms with Crippen LogP contribution in [0.25, 0.3) is 0 Å². The van der Waals surface area contributed by atoms with Gasteiger partial charge in [0.15, 0.2) is 0 Å². The summed E-state index contributed by atoms with van der Waals surface area (Å²) < 4.78 is 11.3. The molecule has 0 atom stereocenters. The van der Waals surface area contributed by atoms with Crippen LogP contribution in [0, 0.1) is 0 Å². The Morgan fingerprint density at radius 3 is 2.06 bits per heavy atom. The molecule has 1 fully saturated rings. The van der Waals surface area contributed by atoms with E-state index in [9.17, 15) is 9.59 Å². The normalized spacial score (nSPS) is 15.3. The standard InChI is InChI=1S/C26H24N2O4/c29-25(24-20-5-1-3-7-22(20)32-23-8-4-2-6-21(23)24)27-17-18-9-11-19(12-10-18)26(30)28-13-15-31-16-14-28/h1-12,24H,13-17H2,(H,27,29). The molecule has 0 aromatic heterocycles. The molecule has 1 saturated heterocycles. The number of nitrogens with one attached hydrogen (secondary N) is 1. The van der Waals surface area contributed by atoms with Crippen LogP contribution >= 0.6 is 0 Å². The molecule has 2 aliphatic rings. The number of amides is 2. The van der Waals surface area contributed by atoms with Crippen molar-refractivity contribution in [2.45, 2.75) is 12.5 Å². The summed E-state index contributed by atoms with van der Waals surface area (Å²) in [6, 6.07) is 22.7. The summed E-state index contributed by atoms with van der Waals surface area (Å²) in [5.41, 5.74) is 3.30. The Labute approximate surface area is 186 Å². The molecule has 0 aliphatic carbocycles. The van der Waals surface area contributed by atoms with Crippen LogP contribution in [-0.2, 0) is 16.1 Å². The first kappa shape index (κ1) is 20.3. The van der Waals surface area contributed by atoms with Gasteiger partial charge in [0.2, 0.25) is 5.91 Å². The van der Waals surface area contributed by atoms with Crippen LogP contribution < -0.4 is 10.1 Å². The Morgan fingerprint density at radius 2 is 1.44 bits per heavy atom. The van der Waals surface area contributed by atoms with E-state index in [1.165, 1.54) is 0 Å². The summed E-state index contributed by atoms with van der Waals surface area (Å²) in [4.78, 5) is 27.7. The van der Waals surface area contributed by atoms with Gasteiger partial charge < -0.3 is 19.7 Å². The van der Waals surface area contributed by atoms with Crippen LogP contribution in [0.1, 0.15) is 33.0 Å². The molecule has 2 heterocycles. The number of carbonyl (C=O) groups is 2. The second-order valence-corrected chi connectivity index (χ2v) is 7.93. The van der Waals surface area contributed by atoms with Crippen LogP contribution in [0.4, 0.5) is 0 Å². The van der Waals surface area contributed by atoms with Gasteiger partial charge in [-0.15, -0.1) is 0 Å². The lowest BCUT2D eigenvalue weighted by molar-refractivity contribution is -0.122. The van der Waals surface area contributed by atoms with Crippen LogP contribution in [0.15, 0.2) is 72.8 Å². The van der Waals surface area contributed by atoms with E-state index < -0.39 is 5.92 Å². The number of nitrogens with zero attached hydrogens (tertiary/aromatic N) is 1. The molecule has 0 saturated carbocycles. The van der Waals surface area contributed by atoms with Crippen molar-refractivity contribution >= 4 is 11.8 Å².